The third kappa shape index (κ3) is 17.4. The third-order valence-electron chi connectivity index (χ3n) is 3.89. The van der Waals surface area contributed by atoms with Gasteiger partial charge < -0.3 is 20.6 Å². The van der Waals surface area contributed by atoms with Crippen LogP contribution in [0.15, 0.2) is 86.0 Å². The van der Waals surface area contributed by atoms with Gasteiger partial charge in [-0.3, -0.25) is 0 Å². The summed E-state index contributed by atoms with van der Waals surface area (Å²) in [4.78, 5) is 9.98. The van der Waals surface area contributed by atoms with Crippen LogP contribution >= 0.6 is 0 Å². The highest BCUT2D eigenvalue weighted by Crippen LogP contribution is 2.05. The zero-order valence-corrected chi connectivity index (χ0v) is 17.2. The van der Waals surface area contributed by atoms with E-state index in [0.29, 0.717) is 6.42 Å². The minimum absolute atomic E-state index is 0.250. The lowest BCUT2D eigenvalue weighted by molar-refractivity contribution is -0.107. The van der Waals surface area contributed by atoms with Crippen molar-refractivity contribution in [3.05, 3.63) is 97.1 Å². The molecule has 0 saturated carbocycles. The Morgan fingerprint density at radius 1 is 0.897 bits per heavy atom. The molecule has 5 heteroatoms. The van der Waals surface area contributed by atoms with Crippen LogP contribution in [0, 0.1) is 0 Å². The van der Waals surface area contributed by atoms with Gasteiger partial charge in [-0.2, -0.15) is 0 Å². The van der Waals surface area contributed by atoms with Crippen LogP contribution in [0.25, 0.3) is 0 Å². The third-order valence-corrected chi connectivity index (χ3v) is 3.89. The largest absolute Gasteiger partial charge is 0.455 e. The first-order valence-corrected chi connectivity index (χ1v) is 9.88. The van der Waals surface area contributed by atoms with E-state index in [-0.39, 0.29) is 12.4 Å². The van der Waals surface area contributed by atoms with E-state index in [2.05, 4.69) is 37.4 Å². The Hall–Kier alpha value is -2.47. The average molecular weight is 395 g/mol. The molecule has 0 saturated heterocycles. The number of carbonyl (C=O) groups excluding carboxylic acids is 1. The second-order valence-corrected chi connectivity index (χ2v) is 6.50. The van der Waals surface area contributed by atoms with E-state index in [1.54, 1.807) is 0 Å². The Bertz CT molecular complexity index is 648. The van der Waals surface area contributed by atoms with Gasteiger partial charge in [0.25, 0.3) is 0 Å². The predicted octanol–water partition coefficient (Wildman–Crippen LogP) is 3.99. The molecule has 0 amide bonds. The minimum Gasteiger partial charge on any atom is -0.427 e. The Morgan fingerprint density at radius 3 is 1.79 bits per heavy atom. The fourth-order valence-electron chi connectivity index (χ4n) is 2.35. The van der Waals surface area contributed by atoms with Gasteiger partial charge >= 0.3 is 7.12 Å². The van der Waals surface area contributed by atoms with E-state index in [0.717, 1.165) is 32.0 Å². The molecule has 0 aliphatic carbocycles. The number of hydrogen-bond acceptors (Lipinski definition) is 4. The zero-order chi connectivity index (χ0) is 21.7. The Morgan fingerprint density at radius 2 is 1.41 bits per heavy atom. The smallest absolute Gasteiger partial charge is 0.427 e. The van der Waals surface area contributed by atoms with E-state index < -0.39 is 7.12 Å². The van der Waals surface area contributed by atoms with Gasteiger partial charge in [-0.1, -0.05) is 72.8 Å². The number of benzene rings is 2. The van der Waals surface area contributed by atoms with Gasteiger partial charge in [-0.05, 0) is 43.1 Å². The molecule has 1 atom stereocenters. The summed E-state index contributed by atoms with van der Waals surface area (Å²) in [7, 11) is -1.22. The van der Waals surface area contributed by atoms with E-state index in [9.17, 15) is 4.79 Å². The van der Waals surface area contributed by atoms with Gasteiger partial charge in [0.2, 0.25) is 0 Å². The summed E-state index contributed by atoms with van der Waals surface area (Å²) in [5, 5.41) is 16.1. The van der Waals surface area contributed by atoms with Gasteiger partial charge in [-0.25, -0.2) is 0 Å². The maximum Gasteiger partial charge on any atom is 0.455 e. The van der Waals surface area contributed by atoms with Gasteiger partial charge in [0.05, 0.1) is 0 Å². The second kappa shape index (κ2) is 18.9. The predicted molar refractivity (Wildman–Crippen MR) is 124 cm³/mol. The highest BCUT2D eigenvalue weighted by molar-refractivity contribution is 6.41. The molecule has 0 heterocycles. The first-order valence-electron chi connectivity index (χ1n) is 9.88. The molecule has 0 aliphatic rings. The minimum atomic E-state index is -1.22. The van der Waals surface area contributed by atoms with Crippen molar-refractivity contribution in [3.8, 4) is 0 Å². The molecule has 0 bridgehead atoms. The summed E-state index contributed by atoms with van der Waals surface area (Å²) in [6.45, 7) is 6.96. The van der Waals surface area contributed by atoms with Crippen LogP contribution in [0.5, 0.6) is 0 Å². The molecular formula is C24H34BNO3. The number of carbonyl (C=O) groups is 1. The lowest BCUT2D eigenvalue weighted by atomic mass is 9.87. The van der Waals surface area contributed by atoms with Crippen molar-refractivity contribution < 1.29 is 14.8 Å². The van der Waals surface area contributed by atoms with E-state index in [1.165, 1.54) is 17.2 Å². The molecule has 0 aliphatic heterocycles. The van der Waals surface area contributed by atoms with Crippen LogP contribution in [0.4, 0.5) is 0 Å². The molecule has 4 nitrogen and oxygen atoms in total. The molecule has 2 rings (SSSR count). The van der Waals surface area contributed by atoms with Crippen LogP contribution in [0.3, 0.4) is 0 Å². The van der Waals surface area contributed by atoms with Crippen molar-refractivity contribution in [3.63, 3.8) is 0 Å². The van der Waals surface area contributed by atoms with Crippen molar-refractivity contribution >= 4 is 13.4 Å². The summed E-state index contributed by atoms with van der Waals surface area (Å²) in [5.41, 5.74) is 8.45. The summed E-state index contributed by atoms with van der Waals surface area (Å²) >= 11 is 0. The van der Waals surface area contributed by atoms with Crippen LogP contribution in [-0.2, 0) is 17.6 Å². The average Bonchev–Trinajstić information content (AvgIpc) is 2.73. The van der Waals surface area contributed by atoms with Crippen LogP contribution in [0.2, 0.25) is 6.32 Å². The first kappa shape index (κ1) is 26.5. The number of hydrogen-bond donors (Lipinski definition) is 3. The molecule has 0 spiro atoms. The molecule has 1 unspecified atom stereocenters. The topological polar surface area (TPSA) is 83.6 Å². The van der Waals surface area contributed by atoms with Gasteiger partial charge in [0.15, 0.2) is 0 Å². The Kier molecular flexibility index (Phi) is 17.3. The van der Waals surface area contributed by atoms with Crippen molar-refractivity contribution in [2.24, 2.45) is 5.73 Å². The fourth-order valence-corrected chi connectivity index (χ4v) is 2.35. The van der Waals surface area contributed by atoms with E-state index in [4.69, 9.17) is 15.8 Å². The molecule has 0 aromatic heterocycles. The van der Waals surface area contributed by atoms with E-state index in [1.807, 2.05) is 42.5 Å². The second-order valence-electron chi connectivity index (χ2n) is 6.50. The standard InChI is InChI=1S/C12H17N.C9H10O.C3H7BO2/c1-2-6-12(13)10-9-11-7-4-3-5-8-11;10-8-4-7-9-5-2-1-3-6-9;1-2-3-4(5)6/h2-5,7-8,12H,1,6,9-10,13H2;1-3,5-6,8H,4,7H2;2,5-6H,1,3H2. The quantitative estimate of drug-likeness (QED) is 0.323. The lowest BCUT2D eigenvalue weighted by Crippen LogP contribution is -2.19. The normalized spacial score (nSPS) is 10.3. The zero-order valence-electron chi connectivity index (χ0n) is 17.2. The molecule has 4 N–H and O–H groups in total. The van der Waals surface area contributed by atoms with Gasteiger partial charge in [0, 0.05) is 12.5 Å². The van der Waals surface area contributed by atoms with Crippen LogP contribution in [0.1, 0.15) is 30.4 Å². The van der Waals surface area contributed by atoms with Crippen molar-refractivity contribution in [2.75, 3.05) is 0 Å². The summed E-state index contributed by atoms with van der Waals surface area (Å²) in [6, 6.07) is 20.7. The van der Waals surface area contributed by atoms with Crippen LogP contribution in [-0.4, -0.2) is 29.5 Å². The number of aryl methyl sites for hydroxylation is 2. The maximum absolute atomic E-state index is 9.98. The number of nitrogens with two attached hydrogens (primary N) is 1. The molecule has 156 valence electrons. The van der Waals surface area contributed by atoms with Crippen molar-refractivity contribution in [1.29, 1.82) is 0 Å². The van der Waals surface area contributed by atoms with Crippen molar-refractivity contribution in [1.82, 2.24) is 0 Å². The first-order chi connectivity index (χ1) is 14.0. The highest BCUT2D eigenvalue weighted by Gasteiger charge is 2.00. The summed E-state index contributed by atoms with van der Waals surface area (Å²) < 4.78 is 0. The number of rotatable bonds is 10. The van der Waals surface area contributed by atoms with Crippen LogP contribution < -0.4 is 5.73 Å². The Balaban J connectivity index is 0.000000436. The van der Waals surface area contributed by atoms with Gasteiger partial charge in [0.1, 0.15) is 6.29 Å². The molecule has 0 radical (unpaired) electrons. The lowest BCUT2D eigenvalue weighted by Gasteiger charge is -2.07. The van der Waals surface area contributed by atoms with E-state index >= 15 is 0 Å². The SMILES string of the molecule is C=CCB(O)O.C=CCC(N)CCc1ccccc1.O=CCCc1ccccc1. The highest BCUT2D eigenvalue weighted by atomic mass is 16.4. The summed E-state index contributed by atoms with van der Waals surface area (Å²) in [6.07, 6.45) is 9.04. The summed E-state index contributed by atoms with van der Waals surface area (Å²) in [5.74, 6) is 0. The van der Waals surface area contributed by atoms with Gasteiger partial charge in [-0.15, -0.1) is 13.2 Å². The maximum atomic E-state index is 9.98. The molecule has 2 aromatic rings. The number of aldehydes is 1. The molecular weight excluding hydrogens is 361 g/mol. The Labute approximate surface area is 175 Å². The fraction of sp³-hybridized carbons (Fsp3) is 0.292. The molecule has 2 aromatic carbocycles. The van der Waals surface area contributed by atoms with Crippen molar-refractivity contribution in [2.45, 2.75) is 44.5 Å². The monoisotopic (exact) mass is 395 g/mol. The number of allylic oxidation sites excluding steroid dienone is 1. The molecule has 0 fully saturated rings. The molecule has 29 heavy (non-hydrogen) atoms.